The van der Waals surface area contributed by atoms with E-state index >= 15 is 0 Å². The molecule has 0 aliphatic heterocycles. The van der Waals surface area contributed by atoms with Gasteiger partial charge in [0.15, 0.2) is 0 Å². The fourth-order valence-corrected chi connectivity index (χ4v) is 6.71. The maximum Gasteiger partial charge on any atom is 0.417 e. The predicted molar refractivity (Wildman–Crippen MR) is 154 cm³/mol. The number of anilines is 3. The van der Waals surface area contributed by atoms with Gasteiger partial charge in [-0.05, 0) is 73.2 Å². The van der Waals surface area contributed by atoms with Crippen LogP contribution in [0.5, 0.6) is 0 Å². The van der Waals surface area contributed by atoms with E-state index in [2.05, 4.69) is 10.0 Å². The van der Waals surface area contributed by atoms with Crippen LogP contribution in [0.15, 0.2) is 107 Å². The second-order valence-corrected chi connectivity index (χ2v) is 12.9. The molecule has 220 valence electrons. The van der Waals surface area contributed by atoms with Gasteiger partial charge in [-0.2, -0.15) is 13.2 Å². The summed E-state index contributed by atoms with van der Waals surface area (Å²) in [6.07, 6.45) is -4.78. The Morgan fingerprint density at radius 3 is 2.02 bits per heavy atom. The molecule has 0 unspecified atom stereocenters. The molecule has 14 heteroatoms. The summed E-state index contributed by atoms with van der Waals surface area (Å²) in [7, 11) is -8.43. The average Bonchev–Trinajstić information content (AvgIpc) is 2.93. The van der Waals surface area contributed by atoms with E-state index < -0.39 is 49.3 Å². The minimum absolute atomic E-state index is 0.00819. The largest absolute Gasteiger partial charge is 0.417 e. The lowest BCUT2D eigenvalue weighted by Crippen LogP contribution is -2.38. The van der Waals surface area contributed by atoms with Crippen molar-refractivity contribution in [2.24, 2.45) is 0 Å². The van der Waals surface area contributed by atoms with Gasteiger partial charge in [-0.25, -0.2) is 16.8 Å². The molecule has 42 heavy (non-hydrogen) atoms. The van der Waals surface area contributed by atoms with Crippen LogP contribution in [0.3, 0.4) is 0 Å². The molecule has 0 saturated heterocycles. The number of amides is 1. The predicted octanol–water partition coefficient (Wildman–Crippen LogP) is 6.30. The van der Waals surface area contributed by atoms with Crippen molar-refractivity contribution in [2.75, 3.05) is 20.9 Å². The van der Waals surface area contributed by atoms with Gasteiger partial charge in [-0.3, -0.25) is 13.8 Å². The number of alkyl halides is 3. The lowest BCUT2D eigenvalue weighted by Gasteiger charge is -2.25. The van der Waals surface area contributed by atoms with Gasteiger partial charge in [0.1, 0.15) is 6.54 Å². The van der Waals surface area contributed by atoms with Gasteiger partial charge in [0, 0.05) is 11.4 Å². The molecule has 0 aromatic heterocycles. The Morgan fingerprint density at radius 1 is 0.810 bits per heavy atom. The van der Waals surface area contributed by atoms with Crippen molar-refractivity contribution < 1.29 is 34.8 Å². The minimum Gasteiger partial charge on any atom is -0.325 e. The molecule has 2 N–H and O–H groups in total. The molecule has 0 aliphatic rings. The fraction of sp³-hybridized carbons (Fsp3) is 0.107. The van der Waals surface area contributed by atoms with Gasteiger partial charge < -0.3 is 5.32 Å². The molecule has 4 aromatic rings. The Balaban J connectivity index is 1.52. The second kappa shape index (κ2) is 12.0. The number of nitrogens with zero attached hydrogens (tertiary/aromatic N) is 1. The fourth-order valence-electron chi connectivity index (χ4n) is 3.93. The Kier molecular flexibility index (Phi) is 8.85. The molecule has 0 spiro atoms. The molecule has 4 aromatic carbocycles. The maximum absolute atomic E-state index is 13.5. The third-order valence-electron chi connectivity index (χ3n) is 5.97. The van der Waals surface area contributed by atoms with Crippen LogP contribution in [-0.2, 0) is 31.0 Å². The van der Waals surface area contributed by atoms with Crippen molar-refractivity contribution in [3.8, 4) is 0 Å². The van der Waals surface area contributed by atoms with Crippen molar-refractivity contribution in [3.63, 3.8) is 0 Å². The van der Waals surface area contributed by atoms with Crippen LogP contribution in [0, 0.1) is 6.92 Å². The average molecular weight is 638 g/mol. The van der Waals surface area contributed by atoms with Crippen LogP contribution in [0.2, 0.25) is 5.02 Å². The normalized spacial score (nSPS) is 12.0. The number of halogens is 4. The summed E-state index contributed by atoms with van der Waals surface area (Å²) in [5.74, 6) is -0.702. The smallest absolute Gasteiger partial charge is 0.325 e. The van der Waals surface area contributed by atoms with Gasteiger partial charge >= 0.3 is 6.18 Å². The number of para-hydroxylation sites is 1. The number of aryl methyl sites for hydroxylation is 1. The Labute approximate surface area is 245 Å². The van der Waals surface area contributed by atoms with E-state index in [9.17, 15) is 34.8 Å². The van der Waals surface area contributed by atoms with Crippen LogP contribution in [0.1, 0.15) is 11.1 Å². The van der Waals surface area contributed by atoms with E-state index in [0.29, 0.717) is 17.3 Å². The summed E-state index contributed by atoms with van der Waals surface area (Å²) in [4.78, 5) is 12.7. The highest BCUT2D eigenvalue weighted by Gasteiger charge is 2.34. The van der Waals surface area contributed by atoms with Crippen LogP contribution < -0.4 is 14.3 Å². The molecule has 1 amide bonds. The van der Waals surface area contributed by atoms with Crippen LogP contribution in [0.25, 0.3) is 0 Å². The standard InChI is InChI=1S/C28H23ClF3N3O5S2/c1-19-7-5-6-10-26(19)35(42(39,40)23-8-3-2-4-9-23)18-27(36)33-20-11-14-22(15-12-20)41(37,38)34-21-13-16-25(29)24(17-21)28(30,31)32/h2-17,34H,18H2,1H3,(H,33,36). The highest BCUT2D eigenvalue weighted by Crippen LogP contribution is 2.36. The molecule has 4 rings (SSSR count). The molecule has 8 nitrogen and oxygen atoms in total. The molecular formula is C28H23ClF3N3O5S2. The third kappa shape index (κ3) is 7.04. The summed E-state index contributed by atoms with van der Waals surface area (Å²) in [5, 5.41) is 1.96. The first-order valence-electron chi connectivity index (χ1n) is 12.1. The molecule has 0 heterocycles. The molecule has 0 atom stereocenters. The SMILES string of the molecule is Cc1ccccc1N(CC(=O)Nc1ccc(S(=O)(=O)Nc2ccc(Cl)c(C(F)(F)F)c2)cc1)S(=O)(=O)c1ccccc1. The number of hydrogen-bond donors (Lipinski definition) is 2. The molecule has 0 fully saturated rings. The van der Waals surface area contributed by atoms with Crippen LogP contribution in [-0.4, -0.2) is 29.3 Å². The number of nitrogens with one attached hydrogen (secondary N) is 2. The van der Waals surface area contributed by atoms with Crippen molar-refractivity contribution in [2.45, 2.75) is 22.9 Å². The van der Waals surface area contributed by atoms with Gasteiger partial charge in [0.05, 0.1) is 26.1 Å². The Morgan fingerprint density at radius 2 is 1.40 bits per heavy atom. The van der Waals surface area contributed by atoms with Gasteiger partial charge in [-0.1, -0.05) is 48.0 Å². The highest BCUT2D eigenvalue weighted by molar-refractivity contribution is 7.93. The van der Waals surface area contributed by atoms with Gasteiger partial charge in [0.2, 0.25) is 5.91 Å². The van der Waals surface area contributed by atoms with E-state index in [-0.39, 0.29) is 21.2 Å². The quantitative estimate of drug-likeness (QED) is 0.224. The number of carbonyl (C=O) groups excluding carboxylic acids is 1. The summed E-state index contributed by atoms with van der Waals surface area (Å²) in [6, 6.07) is 21.7. The minimum atomic E-state index is -4.78. The van der Waals surface area contributed by atoms with E-state index in [0.717, 1.165) is 28.6 Å². The number of benzene rings is 4. The highest BCUT2D eigenvalue weighted by atomic mass is 35.5. The summed E-state index contributed by atoms with van der Waals surface area (Å²) in [5.41, 5.74) is -0.460. The van der Waals surface area contributed by atoms with Crippen molar-refractivity contribution in [1.82, 2.24) is 0 Å². The number of carbonyl (C=O) groups is 1. The lowest BCUT2D eigenvalue weighted by molar-refractivity contribution is -0.137. The van der Waals surface area contributed by atoms with E-state index in [1.165, 1.54) is 24.3 Å². The summed E-state index contributed by atoms with van der Waals surface area (Å²) >= 11 is 5.59. The summed E-state index contributed by atoms with van der Waals surface area (Å²) in [6.45, 7) is 1.13. The maximum atomic E-state index is 13.5. The van der Waals surface area contributed by atoms with E-state index in [4.69, 9.17) is 11.6 Å². The zero-order valence-corrected chi connectivity index (χ0v) is 24.2. The number of sulfonamides is 2. The second-order valence-electron chi connectivity index (χ2n) is 8.98. The first-order valence-corrected chi connectivity index (χ1v) is 15.4. The molecule has 0 bridgehead atoms. The number of hydrogen-bond acceptors (Lipinski definition) is 5. The number of rotatable bonds is 9. The Hall–Kier alpha value is -4.07. The zero-order valence-electron chi connectivity index (χ0n) is 21.8. The van der Waals surface area contributed by atoms with E-state index in [1.807, 2.05) is 0 Å². The van der Waals surface area contributed by atoms with Crippen molar-refractivity contribution >= 4 is 54.6 Å². The van der Waals surface area contributed by atoms with Gasteiger partial charge in [-0.15, -0.1) is 0 Å². The molecule has 0 saturated carbocycles. The first kappa shape index (κ1) is 30.9. The summed E-state index contributed by atoms with van der Waals surface area (Å²) < 4.78 is 95.0. The van der Waals surface area contributed by atoms with Crippen molar-refractivity contribution in [1.29, 1.82) is 0 Å². The third-order valence-corrected chi connectivity index (χ3v) is 9.48. The van der Waals surface area contributed by atoms with E-state index in [1.54, 1.807) is 49.4 Å². The monoisotopic (exact) mass is 637 g/mol. The molecule has 0 aliphatic carbocycles. The molecular weight excluding hydrogens is 615 g/mol. The van der Waals surface area contributed by atoms with Crippen molar-refractivity contribution in [3.05, 3.63) is 113 Å². The Bertz CT molecular complexity index is 1820. The lowest BCUT2D eigenvalue weighted by atomic mass is 10.2. The molecule has 0 radical (unpaired) electrons. The topological polar surface area (TPSA) is 113 Å². The van der Waals surface area contributed by atoms with Gasteiger partial charge in [0.25, 0.3) is 20.0 Å². The first-order chi connectivity index (χ1) is 19.7. The zero-order chi connectivity index (χ0) is 30.7. The van der Waals surface area contributed by atoms with Crippen LogP contribution in [0.4, 0.5) is 30.2 Å². The van der Waals surface area contributed by atoms with Crippen LogP contribution >= 0.6 is 11.6 Å².